The summed E-state index contributed by atoms with van der Waals surface area (Å²) in [7, 11) is 0. The van der Waals surface area contributed by atoms with Crippen LogP contribution in [0.4, 0.5) is 0 Å². The Balaban J connectivity index is 0.00000650. The number of carbonyl (C=O) groups excluding carboxylic acids is 2. The molecule has 0 aliphatic carbocycles. The molecule has 4 aromatic rings. The molecule has 49 heavy (non-hydrogen) atoms. The number of allylic oxidation sites excluding steroid dienone is 2. The number of aryl methyl sites for hydroxylation is 6. The number of nitrogens with zero attached hydrogens (tertiary/aromatic N) is 2. The van der Waals surface area contributed by atoms with Gasteiger partial charge in [0.25, 0.3) is 0 Å². The van der Waals surface area contributed by atoms with Crippen LogP contribution in [0.5, 0.6) is 0 Å². The van der Waals surface area contributed by atoms with Crippen molar-refractivity contribution in [2.45, 2.75) is 67.5 Å². The van der Waals surface area contributed by atoms with Crippen molar-refractivity contribution in [1.29, 1.82) is 0 Å². The molecule has 2 N–H and O–H groups in total. The molecule has 255 valence electrons. The zero-order valence-electron chi connectivity index (χ0n) is 29.3. The third-order valence-electron chi connectivity index (χ3n) is 8.41. The van der Waals surface area contributed by atoms with Crippen molar-refractivity contribution < 1.29 is 36.6 Å². The average Bonchev–Trinajstić information content (AvgIpc) is 3.01. The van der Waals surface area contributed by atoms with E-state index in [4.69, 9.17) is 9.98 Å². The summed E-state index contributed by atoms with van der Waals surface area (Å²) in [6.45, 7) is 14.4. The predicted molar refractivity (Wildman–Crippen MR) is 197 cm³/mol. The zero-order chi connectivity index (χ0) is 35.1. The zero-order valence-corrected chi connectivity index (χ0v) is 30.4. The summed E-state index contributed by atoms with van der Waals surface area (Å²) in [5.74, 6) is -0.942. The number of aliphatic hydroxyl groups is 2. The minimum atomic E-state index is -0.662. The second-order valence-corrected chi connectivity index (χ2v) is 12.5. The van der Waals surface area contributed by atoms with E-state index in [9.17, 15) is 19.8 Å². The van der Waals surface area contributed by atoms with E-state index >= 15 is 0 Å². The van der Waals surface area contributed by atoms with Crippen molar-refractivity contribution in [2.75, 3.05) is 0 Å². The molecule has 1 radical (unpaired) electrons. The van der Waals surface area contributed by atoms with Crippen molar-refractivity contribution in [3.63, 3.8) is 0 Å². The van der Waals surface area contributed by atoms with E-state index in [0.29, 0.717) is 11.1 Å². The van der Waals surface area contributed by atoms with Gasteiger partial charge >= 0.3 is 0 Å². The number of ketones is 2. The van der Waals surface area contributed by atoms with Gasteiger partial charge in [-0.1, -0.05) is 96.1 Å². The molecule has 4 rings (SSSR count). The summed E-state index contributed by atoms with van der Waals surface area (Å²) in [6.07, 6.45) is 2.86. The molecule has 0 bridgehead atoms. The van der Waals surface area contributed by atoms with Gasteiger partial charge < -0.3 is 10.2 Å². The van der Waals surface area contributed by atoms with Gasteiger partial charge in [0.2, 0.25) is 0 Å². The minimum Gasteiger partial charge on any atom is -0.506 e. The van der Waals surface area contributed by atoms with Crippen LogP contribution in [0.2, 0.25) is 0 Å². The molecule has 4 aromatic carbocycles. The predicted octanol–water partition coefficient (Wildman–Crippen LogP) is 9.58. The summed E-state index contributed by atoms with van der Waals surface area (Å²) >= 11 is 0. The molecule has 2 atom stereocenters. The van der Waals surface area contributed by atoms with E-state index in [0.717, 1.165) is 44.5 Å². The van der Waals surface area contributed by atoms with E-state index in [2.05, 4.69) is 0 Å². The van der Waals surface area contributed by atoms with Gasteiger partial charge in [-0.05, 0) is 88.8 Å². The van der Waals surface area contributed by atoms with Crippen molar-refractivity contribution in [3.05, 3.63) is 152 Å². The van der Waals surface area contributed by atoms with Gasteiger partial charge in [-0.3, -0.25) is 19.6 Å². The first-order chi connectivity index (χ1) is 22.8. The van der Waals surface area contributed by atoms with Crippen LogP contribution in [0.15, 0.2) is 106 Å². The van der Waals surface area contributed by atoms with E-state index < -0.39 is 12.1 Å². The molecule has 0 fully saturated rings. The Morgan fingerprint density at radius 3 is 1.10 bits per heavy atom. The maximum Gasteiger partial charge on any atom is 0.165 e. The minimum absolute atomic E-state index is 0. The molecule has 0 saturated carbocycles. The number of aliphatic hydroxyl groups excluding tert-OH is 2. The third kappa shape index (κ3) is 9.19. The molecule has 0 aliphatic heterocycles. The molecule has 7 heteroatoms. The molecule has 0 saturated heterocycles. The van der Waals surface area contributed by atoms with E-state index in [1.807, 2.05) is 126 Å². The van der Waals surface area contributed by atoms with E-state index in [1.165, 1.54) is 26.3 Å². The summed E-state index contributed by atoms with van der Waals surface area (Å²) < 4.78 is 0. The maximum absolute atomic E-state index is 13.0. The van der Waals surface area contributed by atoms with Crippen molar-refractivity contribution in [1.82, 2.24) is 0 Å². The summed E-state index contributed by atoms with van der Waals surface area (Å²) in [5.41, 5.74) is 8.51. The molecule has 0 aliphatic rings. The Bertz CT molecular complexity index is 1770. The Hall–Kier alpha value is -4.85. The Morgan fingerprint density at radius 1 is 0.551 bits per heavy atom. The summed E-state index contributed by atoms with van der Waals surface area (Å²) in [6, 6.07) is 25.7. The van der Waals surface area contributed by atoms with Gasteiger partial charge in [0.15, 0.2) is 11.6 Å². The normalized spacial score (nSPS) is 13.8. The summed E-state index contributed by atoms with van der Waals surface area (Å²) in [4.78, 5) is 35.9. The van der Waals surface area contributed by atoms with Crippen LogP contribution >= 0.6 is 0 Å². The van der Waals surface area contributed by atoms with Crippen LogP contribution in [-0.2, 0) is 26.4 Å². The van der Waals surface area contributed by atoms with Crippen LogP contribution in [0, 0.1) is 41.5 Å². The molecular formula is C42H44CoN2O4. The van der Waals surface area contributed by atoms with Gasteiger partial charge in [0.1, 0.15) is 23.6 Å². The number of hydrogen-bond acceptors (Lipinski definition) is 6. The van der Waals surface area contributed by atoms with Crippen LogP contribution in [0.1, 0.15) is 81.6 Å². The second kappa shape index (κ2) is 17.0. The van der Waals surface area contributed by atoms with Gasteiger partial charge in [0.05, 0.1) is 11.1 Å². The molecule has 0 amide bonds. The van der Waals surface area contributed by atoms with Crippen LogP contribution in [-0.4, -0.2) is 34.2 Å². The molecule has 0 aromatic heterocycles. The number of aliphatic imine (C=N–C) groups is 2. The standard InChI is InChI=1S/C42H44N2O4.Co/c1-25-19-27(3)37(28(4)20-25)41(47)35(31(7)45)23-43-39(33-15-11-9-12-16-33)40(34-17-13-10-14-18-34)44-24-36(32(8)46)42(48)38-29(5)21-26(2)22-30(38)6;/h9-24,39-40,47-48H,1-8H3;/t39-,40-;/m1./s1. The van der Waals surface area contributed by atoms with Crippen molar-refractivity contribution >= 4 is 35.5 Å². The molecule has 0 heterocycles. The van der Waals surface area contributed by atoms with Gasteiger partial charge in [-0.2, -0.15) is 0 Å². The monoisotopic (exact) mass is 699 g/mol. The number of hydrogen-bond donors (Lipinski definition) is 2. The first-order valence-corrected chi connectivity index (χ1v) is 16.0. The largest absolute Gasteiger partial charge is 0.506 e. The first-order valence-electron chi connectivity index (χ1n) is 16.0. The van der Waals surface area contributed by atoms with E-state index in [1.54, 1.807) is 0 Å². The fraction of sp³-hybridized carbons (Fsp3) is 0.238. The number of rotatable bonds is 11. The van der Waals surface area contributed by atoms with Crippen LogP contribution in [0.25, 0.3) is 11.5 Å². The smallest absolute Gasteiger partial charge is 0.165 e. The van der Waals surface area contributed by atoms with Crippen molar-refractivity contribution in [3.8, 4) is 0 Å². The quantitative estimate of drug-likeness (QED) is 0.0926. The van der Waals surface area contributed by atoms with Crippen LogP contribution < -0.4 is 0 Å². The topological polar surface area (TPSA) is 99.3 Å². The Morgan fingerprint density at radius 2 is 0.837 bits per heavy atom. The van der Waals surface area contributed by atoms with Gasteiger partial charge in [0, 0.05) is 40.3 Å². The van der Waals surface area contributed by atoms with Gasteiger partial charge in [-0.25, -0.2) is 0 Å². The molecule has 6 nitrogen and oxygen atoms in total. The maximum atomic E-state index is 13.0. The number of Topliss-reactive ketones (excluding diaryl/α,β-unsaturated/α-hetero) is 2. The summed E-state index contributed by atoms with van der Waals surface area (Å²) in [5, 5.41) is 23.0. The average molecular weight is 700 g/mol. The molecular weight excluding hydrogens is 655 g/mol. The molecule has 0 unspecified atom stereocenters. The van der Waals surface area contributed by atoms with E-state index in [-0.39, 0.29) is 51.0 Å². The van der Waals surface area contributed by atoms with Crippen LogP contribution in [0.3, 0.4) is 0 Å². The second-order valence-electron chi connectivity index (χ2n) is 12.5. The number of benzene rings is 4. The fourth-order valence-electron chi connectivity index (χ4n) is 6.32. The third-order valence-corrected chi connectivity index (χ3v) is 8.41. The fourth-order valence-corrected chi connectivity index (χ4v) is 6.32. The SMILES string of the molecule is CC(=O)C(C=N[C@H](c1ccccc1)[C@H](N=CC(C(C)=O)=C(O)c1c(C)cc(C)cc1C)c1ccccc1)=C(O)c1c(C)cc(C)cc1C.[Co]. The molecule has 0 spiro atoms. The van der Waals surface area contributed by atoms with Gasteiger partial charge in [-0.15, -0.1) is 0 Å². The number of carbonyl (C=O) groups is 2. The van der Waals surface area contributed by atoms with Crippen molar-refractivity contribution in [2.24, 2.45) is 9.98 Å². The Labute approximate surface area is 300 Å². The first kappa shape index (κ1) is 38.6. The Kier molecular flexibility index (Phi) is 13.4.